The van der Waals surface area contributed by atoms with Crippen LogP contribution >= 0.6 is 0 Å². The summed E-state index contributed by atoms with van der Waals surface area (Å²) in [6.07, 6.45) is 0.522. The Labute approximate surface area is 127 Å². The van der Waals surface area contributed by atoms with Gasteiger partial charge in [0.15, 0.2) is 9.84 Å². The second kappa shape index (κ2) is 8.02. The van der Waals surface area contributed by atoms with E-state index in [1.807, 2.05) is 12.1 Å². The molecule has 5 nitrogen and oxygen atoms in total. The molecule has 1 aromatic carbocycles. The van der Waals surface area contributed by atoms with E-state index >= 15 is 0 Å². The van der Waals surface area contributed by atoms with Gasteiger partial charge in [-0.15, -0.1) is 0 Å². The van der Waals surface area contributed by atoms with E-state index in [2.05, 4.69) is 24.1 Å². The lowest BCUT2D eigenvalue weighted by Gasteiger charge is -2.21. The van der Waals surface area contributed by atoms with E-state index < -0.39 is 21.5 Å². The Bertz CT molecular complexity index is 549. The zero-order valence-corrected chi connectivity index (χ0v) is 13.7. The second-order valence-electron chi connectivity index (χ2n) is 4.86. The first-order chi connectivity index (χ1) is 9.91. The highest BCUT2D eigenvalue weighted by atomic mass is 32.2. The van der Waals surface area contributed by atoms with Gasteiger partial charge in [-0.2, -0.15) is 0 Å². The van der Waals surface area contributed by atoms with Crippen molar-refractivity contribution in [3.05, 3.63) is 24.3 Å². The lowest BCUT2D eigenvalue weighted by Crippen LogP contribution is -2.24. The summed E-state index contributed by atoms with van der Waals surface area (Å²) in [4.78, 5) is 13.9. The number of hydrogen-bond donors (Lipinski definition) is 1. The molecule has 1 N–H and O–H groups in total. The highest BCUT2D eigenvalue weighted by Crippen LogP contribution is 2.17. The van der Waals surface area contributed by atoms with Gasteiger partial charge < -0.3 is 10.2 Å². The summed E-state index contributed by atoms with van der Waals surface area (Å²) in [5.74, 6) is -0.904. The van der Waals surface area contributed by atoms with Gasteiger partial charge in [0.05, 0.1) is 5.75 Å². The molecule has 0 radical (unpaired) electrons. The maximum Gasteiger partial charge on any atom is 0.239 e. The van der Waals surface area contributed by atoms with Crippen molar-refractivity contribution in [3.63, 3.8) is 0 Å². The summed E-state index contributed by atoms with van der Waals surface area (Å²) in [6.45, 7) is 7.77. The number of rotatable bonds is 8. The van der Waals surface area contributed by atoms with Crippen molar-refractivity contribution < 1.29 is 13.2 Å². The van der Waals surface area contributed by atoms with Crippen LogP contribution in [0.5, 0.6) is 0 Å². The zero-order valence-electron chi connectivity index (χ0n) is 12.9. The number of anilines is 2. The molecule has 0 aliphatic carbocycles. The first-order valence-corrected chi connectivity index (χ1v) is 9.09. The van der Waals surface area contributed by atoms with E-state index in [1.54, 1.807) is 19.1 Å². The molecule has 1 amide bonds. The van der Waals surface area contributed by atoms with Gasteiger partial charge in [0.1, 0.15) is 5.75 Å². The summed E-state index contributed by atoms with van der Waals surface area (Å²) in [5, 5.41) is 2.62. The molecule has 0 fully saturated rings. The molecule has 0 atom stereocenters. The van der Waals surface area contributed by atoms with Gasteiger partial charge >= 0.3 is 0 Å². The normalized spacial score (nSPS) is 11.2. The molecule has 0 spiro atoms. The zero-order chi connectivity index (χ0) is 15.9. The van der Waals surface area contributed by atoms with Crippen LogP contribution in [0.1, 0.15) is 27.2 Å². The fraction of sp³-hybridized carbons (Fsp3) is 0.533. The third-order valence-electron chi connectivity index (χ3n) is 3.15. The third kappa shape index (κ3) is 5.75. The van der Waals surface area contributed by atoms with Gasteiger partial charge in [-0.3, -0.25) is 4.79 Å². The first-order valence-electron chi connectivity index (χ1n) is 7.27. The maximum absolute atomic E-state index is 11.7. The van der Waals surface area contributed by atoms with E-state index in [1.165, 1.54) is 0 Å². The van der Waals surface area contributed by atoms with Crippen LogP contribution in [0.4, 0.5) is 11.4 Å². The molecule has 118 valence electrons. The molecule has 0 heterocycles. The van der Waals surface area contributed by atoms with Gasteiger partial charge in [0, 0.05) is 24.5 Å². The number of hydrogen-bond acceptors (Lipinski definition) is 4. The SMILES string of the molecule is CCCS(=O)(=O)CC(=O)Nc1ccc(N(CC)CC)cc1. The van der Waals surface area contributed by atoms with Crippen molar-refractivity contribution in [2.45, 2.75) is 27.2 Å². The van der Waals surface area contributed by atoms with Crippen molar-refractivity contribution in [1.82, 2.24) is 0 Å². The first kappa shape index (κ1) is 17.5. The standard InChI is InChI=1S/C15H24N2O3S/c1-4-11-21(19,20)12-15(18)16-13-7-9-14(10-8-13)17(5-2)6-3/h7-10H,4-6,11-12H2,1-3H3,(H,16,18). The summed E-state index contributed by atoms with van der Waals surface area (Å²) in [7, 11) is -3.30. The van der Waals surface area contributed by atoms with Gasteiger partial charge in [-0.05, 0) is 44.5 Å². The molecule has 6 heteroatoms. The molecule has 1 rings (SSSR count). The highest BCUT2D eigenvalue weighted by molar-refractivity contribution is 7.92. The molecular formula is C15H24N2O3S. The molecule has 21 heavy (non-hydrogen) atoms. The monoisotopic (exact) mass is 312 g/mol. The molecular weight excluding hydrogens is 288 g/mol. The predicted octanol–water partition coefficient (Wildman–Crippen LogP) is 2.30. The summed E-state index contributed by atoms with van der Waals surface area (Å²) in [5.41, 5.74) is 1.69. The Morgan fingerprint density at radius 2 is 1.67 bits per heavy atom. The predicted molar refractivity (Wildman–Crippen MR) is 87.6 cm³/mol. The number of nitrogens with zero attached hydrogens (tertiary/aromatic N) is 1. The smallest absolute Gasteiger partial charge is 0.239 e. The van der Waals surface area contributed by atoms with Gasteiger partial charge in [0.2, 0.25) is 5.91 Å². The van der Waals surface area contributed by atoms with Crippen LogP contribution in [0.3, 0.4) is 0 Å². The van der Waals surface area contributed by atoms with Gasteiger partial charge in [-0.25, -0.2) is 8.42 Å². The van der Waals surface area contributed by atoms with Gasteiger partial charge in [0.25, 0.3) is 0 Å². The summed E-state index contributed by atoms with van der Waals surface area (Å²) < 4.78 is 23.2. The summed E-state index contributed by atoms with van der Waals surface area (Å²) in [6, 6.07) is 7.42. The minimum absolute atomic E-state index is 0.0430. The molecule has 0 aliphatic rings. The largest absolute Gasteiger partial charge is 0.372 e. The number of carbonyl (C=O) groups excluding carboxylic acids is 1. The Kier molecular flexibility index (Phi) is 6.68. The Hall–Kier alpha value is -1.56. The minimum Gasteiger partial charge on any atom is -0.372 e. The van der Waals surface area contributed by atoms with E-state index in [4.69, 9.17) is 0 Å². The number of benzene rings is 1. The molecule has 0 aromatic heterocycles. The third-order valence-corrected chi connectivity index (χ3v) is 4.88. The second-order valence-corrected chi connectivity index (χ2v) is 7.04. The fourth-order valence-electron chi connectivity index (χ4n) is 2.12. The topological polar surface area (TPSA) is 66.5 Å². The number of carbonyl (C=O) groups is 1. The van der Waals surface area contributed by atoms with Crippen LogP contribution in [0, 0.1) is 0 Å². The quantitative estimate of drug-likeness (QED) is 0.800. The van der Waals surface area contributed by atoms with E-state index in [0.717, 1.165) is 18.8 Å². The van der Waals surface area contributed by atoms with Crippen LogP contribution in [0.15, 0.2) is 24.3 Å². The molecule has 0 unspecified atom stereocenters. The van der Waals surface area contributed by atoms with Crippen molar-refractivity contribution in [1.29, 1.82) is 0 Å². The molecule has 0 saturated heterocycles. The Morgan fingerprint density at radius 3 is 2.14 bits per heavy atom. The van der Waals surface area contributed by atoms with E-state index in [-0.39, 0.29) is 5.75 Å². The number of sulfone groups is 1. The average molecular weight is 312 g/mol. The highest BCUT2D eigenvalue weighted by Gasteiger charge is 2.15. The maximum atomic E-state index is 11.7. The van der Waals surface area contributed by atoms with Crippen LogP contribution in [0.25, 0.3) is 0 Å². The Balaban J connectivity index is 2.65. The van der Waals surface area contributed by atoms with Crippen LogP contribution in [-0.2, 0) is 14.6 Å². The lowest BCUT2D eigenvalue weighted by atomic mass is 10.2. The summed E-state index contributed by atoms with van der Waals surface area (Å²) >= 11 is 0. The average Bonchev–Trinajstić information content (AvgIpc) is 2.41. The van der Waals surface area contributed by atoms with E-state index in [0.29, 0.717) is 12.1 Å². The van der Waals surface area contributed by atoms with Crippen LogP contribution in [0.2, 0.25) is 0 Å². The molecule has 1 aromatic rings. The van der Waals surface area contributed by atoms with Crippen molar-refractivity contribution >= 4 is 27.1 Å². The van der Waals surface area contributed by atoms with Crippen molar-refractivity contribution in [2.75, 3.05) is 34.8 Å². The Morgan fingerprint density at radius 1 is 1.10 bits per heavy atom. The number of amides is 1. The molecule has 0 aliphatic heterocycles. The number of nitrogens with one attached hydrogen (secondary N) is 1. The van der Waals surface area contributed by atoms with Crippen molar-refractivity contribution in [2.24, 2.45) is 0 Å². The molecule has 0 saturated carbocycles. The van der Waals surface area contributed by atoms with Crippen molar-refractivity contribution in [3.8, 4) is 0 Å². The molecule has 0 bridgehead atoms. The van der Waals surface area contributed by atoms with E-state index in [9.17, 15) is 13.2 Å². The van der Waals surface area contributed by atoms with Crippen LogP contribution in [-0.4, -0.2) is 38.9 Å². The minimum atomic E-state index is -3.30. The van der Waals surface area contributed by atoms with Crippen LogP contribution < -0.4 is 10.2 Å². The van der Waals surface area contributed by atoms with Gasteiger partial charge in [-0.1, -0.05) is 6.92 Å². The lowest BCUT2D eigenvalue weighted by molar-refractivity contribution is -0.113. The fourth-order valence-corrected chi connectivity index (χ4v) is 3.36.